The zero-order valence-electron chi connectivity index (χ0n) is 12.5. The zero-order chi connectivity index (χ0) is 16.1. The summed E-state index contributed by atoms with van der Waals surface area (Å²) in [6.45, 7) is 2.47. The molecular formula is C16H15FN4OS. The van der Waals surface area contributed by atoms with E-state index in [2.05, 4.69) is 15.5 Å². The molecule has 23 heavy (non-hydrogen) atoms. The fourth-order valence-corrected chi connectivity index (χ4v) is 2.96. The van der Waals surface area contributed by atoms with Crippen LogP contribution in [0.2, 0.25) is 0 Å². The van der Waals surface area contributed by atoms with Crippen LogP contribution in [0, 0.1) is 5.82 Å². The smallest absolute Gasteiger partial charge is 0.214 e. The molecule has 0 saturated heterocycles. The molecule has 5 nitrogen and oxygen atoms in total. The third-order valence-corrected chi connectivity index (χ3v) is 4.12. The molecule has 0 spiro atoms. The van der Waals surface area contributed by atoms with E-state index in [9.17, 15) is 4.39 Å². The highest BCUT2D eigenvalue weighted by Gasteiger charge is 2.14. The van der Waals surface area contributed by atoms with Gasteiger partial charge in [0.2, 0.25) is 5.16 Å². The molecule has 2 aromatic carbocycles. The average Bonchev–Trinajstić information content (AvgIpc) is 3.03. The summed E-state index contributed by atoms with van der Waals surface area (Å²) in [5.41, 5.74) is 1.38. The number of rotatable bonds is 6. The highest BCUT2D eigenvalue weighted by Crippen LogP contribution is 2.28. The molecule has 0 saturated carbocycles. The van der Waals surface area contributed by atoms with Crippen molar-refractivity contribution in [3.05, 3.63) is 59.9 Å². The zero-order valence-corrected chi connectivity index (χ0v) is 13.3. The number of tetrazole rings is 1. The van der Waals surface area contributed by atoms with E-state index in [1.165, 1.54) is 17.8 Å². The molecule has 0 aliphatic heterocycles. The lowest BCUT2D eigenvalue weighted by atomic mass is 10.2. The minimum atomic E-state index is -0.228. The van der Waals surface area contributed by atoms with Gasteiger partial charge < -0.3 is 4.74 Å². The molecule has 0 radical (unpaired) electrons. The molecule has 0 unspecified atom stereocenters. The van der Waals surface area contributed by atoms with Crippen LogP contribution in [-0.4, -0.2) is 26.8 Å². The van der Waals surface area contributed by atoms with E-state index >= 15 is 0 Å². The summed E-state index contributed by atoms with van der Waals surface area (Å²) in [5.74, 6) is 0.924. The van der Waals surface area contributed by atoms with Gasteiger partial charge in [-0.15, -0.1) is 5.10 Å². The summed E-state index contributed by atoms with van der Waals surface area (Å²) in [6, 6.07) is 14.2. The van der Waals surface area contributed by atoms with Crippen LogP contribution in [0.15, 0.2) is 53.7 Å². The molecule has 1 aromatic heterocycles. The molecule has 0 bridgehead atoms. The summed E-state index contributed by atoms with van der Waals surface area (Å²) >= 11 is 1.37. The number of thioether (sulfide) groups is 1. The Morgan fingerprint density at radius 2 is 1.91 bits per heavy atom. The minimum absolute atomic E-state index is 0.228. The number of hydrogen-bond donors (Lipinski definition) is 0. The number of ether oxygens (including phenoxy) is 1. The Balaban J connectivity index is 1.84. The largest absolute Gasteiger partial charge is 0.492 e. The molecule has 0 amide bonds. The van der Waals surface area contributed by atoms with Crippen LogP contribution in [0.25, 0.3) is 5.69 Å². The maximum atomic E-state index is 13.7. The van der Waals surface area contributed by atoms with E-state index in [1.807, 2.05) is 37.3 Å². The standard InChI is InChI=1S/C16H15FN4OS/c1-2-22-15-10-6-5-9-14(15)21-16(18-19-20-21)23-11-12-7-3-4-8-13(12)17/h3-10H,2,11H2,1H3. The third kappa shape index (κ3) is 3.50. The number of halogens is 1. The third-order valence-electron chi connectivity index (χ3n) is 3.15. The summed E-state index contributed by atoms with van der Waals surface area (Å²) in [4.78, 5) is 0. The Kier molecular flexibility index (Phi) is 4.87. The summed E-state index contributed by atoms with van der Waals surface area (Å²) in [7, 11) is 0. The fourth-order valence-electron chi connectivity index (χ4n) is 2.09. The van der Waals surface area contributed by atoms with Gasteiger partial charge in [-0.1, -0.05) is 42.1 Å². The molecule has 0 atom stereocenters. The molecule has 118 valence electrons. The molecule has 3 rings (SSSR count). The van der Waals surface area contributed by atoms with Crippen LogP contribution < -0.4 is 4.74 Å². The van der Waals surface area contributed by atoms with Crippen molar-refractivity contribution in [3.8, 4) is 11.4 Å². The number of aromatic nitrogens is 4. The van der Waals surface area contributed by atoms with Crippen molar-refractivity contribution >= 4 is 11.8 Å². The molecule has 7 heteroatoms. The van der Waals surface area contributed by atoms with Crippen LogP contribution in [0.3, 0.4) is 0 Å². The second-order valence-electron chi connectivity index (χ2n) is 4.65. The Labute approximate surface area is 137 Å². The van der Waals surface area contributed by atoms with E-state index in [0.717, 1.165) is 5.69 Å². The van der Waals surface area contributed by atoms with Crippen molar-refractivity contribution in [2.75, 3.05) is 6.61 Å². The first-order chi connectivity index (χ1) is 11.3. The number of nitrogens with zero attached hydrogens (tertiary/aromatic N) is 4. The molecule has 0 aliphatic carbocycles. The van der Waals surface area contributed by atoms with Gasteiger partial charge in [0.05, 0.1) is 6.61 Å². The van der Waals surface area contributed by atoms with Crippen LogP contribution in [0.1, 0.15) is 12.5 Å². The summed E-state index contributed by atoms with van der Waals surface area (Å²) in [5, 5.41) is 12.4. The van der Waals surface area contributed by atoms with Gasteiger partial charge in [0, 0.05) is 5.75 Å². The maximum Gasteiger partial charge on any atom is 0.214 e. The van der Waals surface area contributed by atoms with Gasteiger partial charge in [-0.05, 0) is 41.1 Å². The van der Waals surface area contributed by atoms with Gasteiger partial charge in [0.25, 0.3) is 0 Å². The van der Waals surface area contributed by atoms with Gasteiger partial charge >= 0.3 is 0 Å². The molecular weight excluding hydrogens is 315 g/mol. The SMILES string of the molecule is CCOc1ccccc1-n1nnnc1SCc1ccccc1F. The quantitative estimate of drug-likeness (QED) is 0.648. The molecule has 0 N–H and O–H groups in total. The Morgan fingerprint density at radius 3 is 2.74 bits per heavy atom. The number of hydrogen-bond acceptors (Lipinski definition) is 5. The van der Waals surface area contributed by atoms with E-state index in [-0.39, 0.29) is 5.82 Å². The number of benzene rings is 2. The lowest BCUT2D eigenvalue weighted by Gasteiger charge is -2.10. The van der Waals surface area contributed by atoms with Gasteiger partial charge in [-0.3, -0.25) is 0 Å². The Bertz CT molecular complexity index is 793. The van der Waals surface area contributed by atoms with Crippen molar-refractivity contribution in [2.24, 2.45) is 0 Å². The van der Waals surface area contributed by atoms with Gasteiger partial charge in [-0.2, -0.15) is 4.68 Å². The molecule has 0 fully saturated rings. The lowest BCUT2D eigenvalue weighted by molar-refractivity contribution is 0.337. The second-order valence-corrected chi connectivity index (χ2v) is 5.60. The summed E-state index contributed by atoms with van der Waals surface area (Å²) in [6.07, 6.45) is 0. The minimum Gasteiger partial charge on any atom is -0.492 e. The van der Waals surface area contributed by atoms with E-state index in [4.69, 9.17) is 4.74 Å². The van der Waals surface area contributed by atoms with Gasteiger partial charge in [-0.25, -0.2) is 4.39 Å². The van der Waals surface area contributed by atoms with Crippen LogP contribution >= 0.6 is 11.8 Å². The van der Waals surface area contributed by atoms with Gasteiger partial charge in [0.15, 0.2) is 0 Å². The predicted octanol–water partition coefficient (Wildman–Crippen LogP) is 3.49. The topological polar surface area (TPSA) is 52.8 Å². The van der Waals surface area contributed by atoms with Crippen molar-refractivity contribution in [3.63, 3.8) is 0 Å². The monoisotopic (exact) mass is 330 g/mol. The maximum absolute atomic E-state index is 13.7. The second kappa shape index (κ2) is 7.23. The summed E-state index contributed by atoms with van der Waals surface area (Å²) < 4.78 is 20.9. The van der Waals surface area contributed by atoms with Crippen molar-refractivity contribution in [1.82, 2.24) is 20.2 Å². The number of para-hydroxylation sites is 2. The molecule has 1 heterocycles. The first kappa shape index (κ1) is 15.5. The van der Waals surface area contributed by atoms with Crippen molar-refractivity contribution in [1.29, 1.82) is 0 Å². The fraction of sp³-hybridized carbons (Fsp3) is 0.188. The average molecular weight is 330 g/mol. The van der Waals surface area contributed by atoms with E-state index in [1.54, 1.807) is 16.8 Å². The molecule has 0 aliphatic rings. The predicted molar refractivity (Wildman–Crippen MR) is 86.3 cm³/mol. The first-order valence-corrected chi connectivity index (χ1v) is 8.15. The molecule has 3 aromatic rings. The van der Waals surface area contributed by atoms with E-state index in [0.29, 0.717) is 28.8 Å². The van der Waals surface area contributed by atoms with Crippen LogP contribution in [0.4, 0.5) is 4.39 Å². The Morgan fingerprint density at radius 1 is 1.13 bits per heavy atom. The lowest BCUT2D eigenvalue weighted by Crippen LogP contribution is -2.03. The van der Waals surface area contributed by atoms with Gasteiger partial charge in [0.1, 0.15) is 17.3 Å². The van der Waals surface area contributed by atoms with Crippen LogP contribution in [-0.2, 0) is 5.75 Å². The normalized spacial score (nSPS) is 10.7. The van der Waals surface area contributed by atoms with E-state index < -0.39 is 0 Å². The highest BCUT2D eigenvalue weighted by atomic mass is 32.2. The van der Waals surface area contributed by atoms with Crippen molar-refractivity contribution in [2.45, 2.75) is 17.8 Å². The highest BCUT2D eigenvalue weighted by molar-refractivity contribution is 7.98. The Hall–Kier alpha value is -2.41. The van der Waals surface area contributed by atoms with Crippen LogP contribution in [0.5, 0.6) is 5.75 Å². The first-order valence-electron chi connectivity index (χ1n) is 7.16. The van der Waals surface area contributed by atoms with Crippen molar-refractivity contribution < 1.29 is 9.13 Å².